The molecule has 0 saturated carbocycles. The van der Waals surface area contributed by atoms with Crippen LogP contribution >= 0.6 is 0 Å². The van der Waals surface area contributed by atoms with E-state index in [0.29, 0.717) is 24.9 Å². The van der Waals surface area contributed by atoms with Crippen molar-refractivity contribution < 1.29 is 9.26 Å². The molecule has 1 aromatic carbocycles. The van der Waals surface area contributed by atoms with E-state index in [9.17, 15) is 0 Å². The fourth-order valence-electron chi connectivity index (χ4n) is 1.45. The number of hydrogen-bond acceptors (Lipinski definition) is 5. The lowest BCUT2D eigenvalue weighted by molar-refractivity contribution is 0.282. The smallest absolute Gasteiger partial charge is 0.226 e. The molecule has 0 aliphatic heterocycles. The Labute approximate surface area is 99.6 Å². The summed E-state index contributed by atoms with van der Waals surface area (Å²) in [5.41, 5.74) is 6.58. The van der Waals surface area contributed by atoms with E-state index in [1.165, 1.54) is 0 Å². The van der Waals surface area contributed by atoms with E-state index >= 15 is 0 Å². The van der Waals surface area contributed by atoms with Crippen LogP contribution in [-0.4, -0.2) is 10.1 Å². The van der Waals surface area contributed by atoms with Gasteiger partial charge in [0.05, 0.1) is 0 Å². The molecule has 0 unspecified atom stereocenters. The van der Waals surface area contributed by atoms with Crippen LogP contribution in [0.5, 0.6) is 5.75 Å². The molecule has 1 heterocycles. The minimum absolute atomic E-state index is 0.292. The molecule has 17 heavy (non-hydrogen) atoms. The van der Waals surface area contributed by atoms with Crippen LogP contribution in [0.25, 0.3) is 0 Å². The van der Waals surface area contributed by atoms with Crippen LogP contribution in [0.4, 0.5) is 0 Å². The van der Waals surface area contributed by atoms with Crippen molar-refractivity contribution in [3.8, 4) is 5.75 Å². The van der Waals surface area contributed by atoms with Gasteiger partial charge in [0.15, 0.2) is 6.61 Å². The number of nitrogens with two attached hydrogens (primary N) is 1. The summed E-state index contributed by atoms with van der Waals surface area (Å²) in [5, 5.41) is 3.82. The van der Waals surface area contributed by atoms with Crippen molar-refractivity contribution in [1.29, 1.82) is 0 Å². The van der Waals surface area contributed by atoms with Crippen LogP contribution in [0.1, 0.15) is 24.2 Å². The highest BCUT2D eigenvalue weighted by molar-refractivity contribution is 5.32. The molecule has 90 valence electrons. The third kappa shape index (κ3) is 2.82. The summed E-state index contributed by atoms with van der Waals surface area (Å²) in [7, 11) is 0. The molecule has 1 aromatic heterocycles. The number of aromatic nitrogens is 2. The number of benzene rings is 1. The fraction of sp³-hybridized carbons (Fsp3) is 0.333. The number of nitrogens with zero attached hydrogens (tertiary/aromatic N) is 2. The van der Waals surface area contributed by atoms with Crippen molar-refractivity contribution in [2.75, 3.05) is 0 Å². The summed E-state index contributed by atoms with van der Waals surface area (Å²) in [4.78, 5) is 4.17. The fourth-order valence-corrected chi connectivity index (χ4v) is 1.45. The van der Waals surface area contributed by atoms with Gasteiger partial charge in [-0.15, -0.1) is 0 Å². The molecule has 0 atom stereocenters. The largest absolute Gasteiger partial charge is 0.485 e. The van der Waals surface area contributed by atoms with Gasteiger partial charge in [-0.25, -0.2) is 0 Å². The van der Waals surface area contributed by atoms with Gasteiger partial charge in [0.25, 0.3) is 0 Å². The molecular weight excluding hydrogens is 218 g/mol. The highest BCUT2D eigenvalue weighted by Gasteiger charge is 2.06. The molecule has 2 aromatic rings. The van der Waals surface area contributed by atoms with Crippen LogP contribution in [0.3, 0.4) is 0 Å². The molecule has 2 rings (SSSR count). The second-order valence-electron chi connectivity index (χ2n) is 3.56. The minimum atomic E-state index is 0.292. The average Bonchev–Trinajstić information content (AvgIpc) is 2.84. The van der Waals surface area contributed by atoms with Crippen LogP contribution in [0.2, 0.25) is 0 Å². The Kier molecular flexibility index (Phi) is 3.72. The van der Waals surface area contributed by atoms with Gasteiger partial charge < -0.3 is 15.0 Å². The van der Waals surface area contributed by atoms with E-state index in [4.69, 9.17) is 15.0 Å². The first-order valence-corrected chi connectivity index (χ1v) is 5.55. The predicted octanol–water partition coefficient (Wildman–Crippen LogP) is 1.67. The van der Waals surface area contributed by atoms with Crippen LogP contribution < -0.4 is 10.5 Å². The van der Waals surface area contributed by atoms with Gasteiger partial charge >= 0.3 is 0 Å². The molecule has 0 bridgehead atoms. The topological polar surface area (TPSA) is 74.2 Å². The lowest BCUT2D eigenvalue weighted by Gasteiger charge is -2.07. The van der Waals surface area contributed by atoms with Gasteiger partial charge in [0.1, 0.15) is 5.75 Å². The number of ether oxygens (including phenoxy) is 1. The molecule has 5 nitrogen and oxygen atoms in total. The molecule has 0 fully saturated rings. The number of aryl methyl sites for hydroxylation is 1. The molecule has 0 aliphatic rings. The van der Waals surface area contributed by atoms with E-state index < -0.39 is 0 Å². The van der Waals surface area contributed by atoms with Gasteiger partial charge in [-0.1, -0.05) is 30.3 Å². The molecule has 0 amide bonds. The monoisotopic (exact) mass is 233 g/mol. The lowest BCUT2D eigenvalue weighted by atomic mass is 10.2. The maximum absolute atomic E-state index is 5.62. The summed E-state index contributed by atoms with van der Waals surface area (Å²) in [5.74, 6) is 1.93. The Morgan fingerprint density at radius 1 is 1.35 bits per heavy atom. The SMILES string of the molecule is CCc1nc(COc2ccccc2CN)no1. The lowest BCUT2D eigenvalue weighted by Crippen LogP contribution is -2.03. The Balaban J connectivity index is 2.01. The molecule has 5 heteroatoms. The highest BCUT2D eigenvalue weighted by Crippen LogP contribution is 2.18. The standard InChI is InChI=1S/C12H15N3O2/c1-2-12-14-11(15-17-12)8-16-10-6-4-3-5-9(10)7-13/h3-6H,2,7-8,13H2,1H3. The molecule has 0 spiro atoms. The number of hydrogen-bond donors (Lipinski definition) is 1. The number of rotatable bonds is 5. The van der Waals surface area contributed by atoms with Crippen molar-refractivity contribution in [2.24, 2.45) is 5.73 Å². The first kappa shape index (κ1) is 11.6. The first-order chi connectivity index (χ1) is 8.33. The third-order valence-electron chi connectivity index (χ3n) is 2.36. The van der Waals surface area contributed by atoms with E-state index in [1.807, 2.05) is 31.2 Å². The molecule has 0 aliphatic carbocycles. The maximum Gasteiger partial charge on any atom is 0.226 e. The summed E-state index contributed by atoms with van der Waals surface area (Å²) in [6, 6.07) is 7.65. The van der Waals surface area contributed by atoms with Crippen molar-refractivity contribution >= 4 is 0 Å². The zero-order valence-electron chi connectivity index (χ0n) is 9.72. The van der Waals surface area contributed by atoms with Crippen LogP contribution in [0, 0.1) is 0 Å². The quantitative estimate of drug-likeness (QED) is 0.850. The maximum atomic E-state index is 5.62. The Bertz CT molecular complexity index is 482. The highest BCUT2D eigenvalue weighted by atomic mass is 16.5. The van der Waals surface area contributed by atoms with E-state index in [-0.39, 0.29) is 0 Å². The van der Waals surface area contributed by atoms with Gasteiger partial charge in [0.2, 0.25) is 11.7 Å². The summed E-state index contributed by atoms with van der Waals surface area (Å²) in [6.45, 7) is 2.70. The van der Waals surface area contributed by atoms with Crippen LogP contribution in [0.15, 0.2) is 28.8 Å². The van der Waals surface area contributed by atoms with Crippen LogP contribution in [-0.2, 0) is 19.6 Å². The van der Waals surface area contributed by atoms with Gasteiger partial charge in [-0.3, -0.25) is 0 Å². The van der Waals surface area contributed by atoms with Gasteiger partial charge in [0, 0.05) is 18.5 Å². The molecule has 0 radical (unpaired) electrons. The van der Waals surface area contributed by atoms with Crippen molar-refractivity contribution in [1.82, 2.24) is 10.1 Å². The zero-order chi connectivity index (χ0) is 12.1. The second-order valence-corrected chi connectivity index (χ2v) is 3.56. The summed E-state index contributed by atoms with van der Waals surface area (Å²) < 4.78 is 10.6. The van der Waals surface area contributed by atoms with E-state index in [2.05, 4.69) is 10.1 Å². The van der Waals surface area contributed by atoms with E-state index in [1.54, 1.807) is 0 Å². The third-order valence-corrected chi connectivity index (χ3v) is 2.36. The summed E-state index contributed by atoms with van der Waals surface area (Å²) in [6.07, 6.45) is 0.729. The molecular formula is C12H15N3O2. The van der Waals surface area contributed by atoms with Crippen molar-refractivity contribution in [3.63, 3.8) is 0 Å². The average molecular weight is 233 g/mol. The Morgan fingerprint density at radius 3 is 2.88 bits per heavy atom. The van der Waals surface area contributed by atoms with Gasteiger partial charge in [-0.2, -0.15) is 4.98 Å². The van der Waals surface area contributed by atoms with Crippen molar-refractivity contribution in [2.45, 2.75) is 26.5 Å². The Morgan fingerprint density at radius 2 is 2.18 bits per heavy atom. The zero-order valence-corrected chi connectivity index (χ0v) is 9.72. The predicted molar refractivity (Wildman–Crippen MR) is 62.3 cm³/mol. The minimum Gasteiger partial charge on any atom is -0.485 e. The first-order valence-electron chi connectivity index (χ1n) is 5.55. The number of para-hydroxylation sites is 1. The normalized spacial score (nSPS) is 10.5. The summed E-state index contributed by atoms with van der Waals surface area (Å²) >= 11 is 0. The second kappa shape index (κ2) is 5.45. The van der Waals surface area contributed by atoms with E-state index in [0.717, 1.165) is 17.7 Å². The Hall–Kier alpha value is -1.88. The molecule has 0 saturated heterocycles. The molecule has 2 N–H and O–H groups in total. The van der Waals surface area contributed by atoms with Gasteiger partial charge in [-0.05, 0) is 6.07 Å². The van der Waals surface area contributed by atoms with Crippen molar-refractivity contribution in [3.05, 3.63) is 41.5 Å².